The Labute approximate surface area is 244 Å². The fourth-order valence-electron chi connectivity index (χ4n) is 3.56. The smallest absolute Gasteiger partial charge is 0.325 e. The first-order chi connectivity index (χ1) is 19.1. The van der Waals surface area contributed by atoms with E-state index < -0.39 is 28.9 Å². The van der Waals surface area contributed by atoms with Crippen molar-refractivity contribution in [1.29, 1.82) is 0 Å². The number of carboxylic acids is 1. The van der Waals surface area contributed by atoms with E-state index in [1.165, 1.54) is 43.9 Å². The van der Waals surface area contributed by atoms with Crippen molar-refractivity contribution in [3.8, 4) is 11.5 Å². The molecule has 1 aromatic carbocycles. The van der Waals surface area contributed by atoms with Crippen LogP contribution in [0, 0.1) is 6.92 Å². The number of benzene rings is 1. The van der Waals surface area contributed by atoms with E-state index in [0.717, 1.165) is 35.8 Å². The zero-order valence-corrected chi connectivity index (χ0v) is 25.7. The highest BCUT2D eigenvalue weighted by Gasteiger charge is 2.19. The van der Waals surface area contributed by atoms with Gasteiger partial charge in [-0.3, -0.25) is 14.6 Å². The van der Waals surface area contributed by atoms with Gasteiger partial charge in [0.1, 0.15) is 17.0 Å². The van der Waals surface area contributed by atoms with Crippen LogP contribution in [0.2, 0.25) is 0 Å². The Balaban J connectivity index is 0.000000365. The number of aliphatic carboxylic acids is 1. The van der Waals surface area contributed by atoms with Crippen molar-refractivity contribution in [1.82, 2.24) is 9.97 Å². The van der Waals surface area contributed by atoms with Gasteiger partial charge < -0.3 is 29.9 Å². The Morgan fingerprint density at radius 2 is 1.85 bits per heavy atom. The Morgan fingerprint density at radius 3 is 2.48 bits per heavy atom. The van der Waals surface area contributed by atoms with Crippen LogP contribution >= 0.6 is 11.8 Å². The van der Waals surface area contributed by atoms with Gasteiger partial charge in [-0.05, 0) is 62.8 Å². The monoisotopic (exact) mass is 599 g/mol. The minimum atomic E-state index is -0.913. The van der Waals surface area contributed by atoms with Crippen LogP contribution < -0.4 is 26.5 Å². The van der Waals surface area contributed by atoms with Crippen LogP contribution in [0.1, 0.15) is 69.9 Å². The van der Waals surface area contributed by atoms with Crippen LogP contribution in [0.15, 0.2) is 34.0 Å². The van der Waals surface area contributed by atoms with E-state index in [1.54, 1.807) is 18.7 Å². The topological polar surface area (TPSA) is 171 Å². The maximum Gasteiger partial charge on any atom is 0.325 e. The van der Waals surface area contributed by atoms with Gasteiger partial charge in [-0.15, -0.1) is 0 Å². The molecule has 0 spiro atoms. The molecule has 2 unspecified atom stereocenters. The number of thioether (sulfide) groups is 1. The fourth-order valence-corrected chi connectivity index (χ4v) is 5.32. The SMILES string of the molecule is CCCCCCCC[S+]([O-])C(C)Cc1ccc2c(c1)OCO2.CSCC[C@H](N)C(=O)O.Cc1c[nH]c(=O)[nH]c1=O. The van der Waals surface area contributed by atoms with Gasteiger partial charge >= 0.3 is 11.7 Å². The van der Waals surface area contributed by atoms with E-state index in [1.807, 2.05) is 24.5 Å². The number of hydrogen-bond acceptors (Lipinski definition) is 8. The Bertz CT molecular complexity index is 1110. The fraction of sp³-hybridized carbons (Fsp3) is 0.607. The van der Waals surface area contributed by atoms with Crippen molar-refractivity contribution in [3.63, 3.8) is 0 Å². The molecule has 0 saturated carbocycles. The highest BCUT2D eigenvalue weighted by molar-refractivity contribution is 7.98. The number of carbonyl (C=O) groups is 1. The third-order valence-corrected chi connectivity index (χ3v) is 8.46. The van der Waals surface area contributed by atoms with Gasteiger partial charge in [0.15, 0.2) is 11.5 Å². The molecule has 0 amide bonds. The van der Waals surface area contributed by atoms with Crippen molar-refractivity contribution >= 4 is 28.9 Å². The summed E-state index contributed by atoms with van der Waals surface area (Å²) in [6, 6.07) is 5.32. The summed E-state index contributed by atoms with van der Waals surface area (Å²) in [6.45, 7) is 6.23. The summed E-state index contributed by atoms with van der Waals surface area (Å²) < 4.78 is 23.0. The number of nitrogens with one attached hydrogen (secondary N) is 2. The Hall–Kier alpha value is -2.41. The van der Waals surface area contributed by atoms with Crippen molar-refractivity contribution in [2.75, 3.05) is 24.6 Å². The molecule has 1 aliphatic heterocycles. The lowest BCUT2D eigenvalue weighted by atomic mass is 10.1. The third kappa shape index (κ3) is 14.8. The molecule has 12 heteroatoms. The van der Waals surface area contributed by atoms with Gasteiger partial charge in [0.25, 0.3) is 5.56 Å². The van der Waals surface area contributed by atoms with Crippen LogP contribution in [0.3, 0.4) is 0 Å². The van der Waals surface area contributed by atoms with Crippen LogP contribution in [-0.4, -0.2) is 61.4 Å². The number of rotatable bonds is 14. The summed E-state index contributed by atoms with van der Waals surface area (Å²) in [4.78, 5) is 35.4. The van der Waals surface area contributed by atoms with E-state index in [-0.39, 0.29) is 10.8 Å². The zero-order chi connectivity index (χ0) is 29.9. The van der Waals surface area contributed by atoms with E-state index in [9.17, 15) is 18.9 Å². The molecule has 0 aliphatic carbocycles. The normalized spacial score (nSPS) is 13.8. The quantitative estimate of drug-likeness (QED) is 0.185. The van der Waals surface area contributed by atoms with Gasteiger partial charge in [0.2, 0.25) is 6.79 Å². The molecule has 2 aromatic rings. The second-order valence-corrected chi connectivity index (χ2v) is 12.5. The Kier molecular flexibility index (Phi) is 18.2. The van der Waals surface area contributed by atoms with Gasteiger partial charge in [-0.2, -0.15) is 11.8 Å². The van der Waals surface area contributed by atoms with Crippen molar-refractivity contribution in [2.24, 2.45) is 5.73 Å². The van der Waals surface area contributed by atoms with Gasteiger partial charge in [0, 0.05) is 18.2 Å². The largest absolute Gasteiger partial charge is 0.616 e. The number of aryl methyl sites for hydroxylation is 1. The molecule has 10 nitrogen and oxygen atoms in total. The molecule has 0 fully saturated rings. The van der Waals surface area contributed by atoms with E-state index in [2.05, 4.69) is 23.8 Å². The number of aromatic amines is 2. The van der Waals surface area contributed by atoms with E-state index >= 15 is 0 Å². The molecule has 2 heterocycles. The molecule has 3 rings (SSSR count). The average Bonchev–Trinajstić information content (AvgIpc) is 3.40. The Morgan fingerprint density at radius 1 is 1.18 bits per heavy atom. The number of aromatic nitrogens is 2. The first-order valence-electron chi connectivity index (χ1n) is 13.6. The van der Waals surface area contributed by atoms with Crippen LogP contribution in [0.25, 0.3) is 0 Å². The zero-order valence-electron chi connectivity index (χ0n) is 24.0. The maximum absolute atomic E-state index is 12.3. The molecule has 1 aromatic heterocycles. The predicted molar refractivity (Wildman–Crippen MR) is 163 cm³/mol. The maximum atomic E-state index is 12.3. The number of fused-ring (bicyclic) bond motifs is 1. The summed E-state index contributed by atoms with van der Waals surface area (Å²) in [5.74, 6) is 2.35. The van der Waals surface area contributed by atoms with E-state index in [0.29, 0.717) is 18.8 Å². The summed E-state index contributed by atoms with van der Waals surface area (Å²) in [5.41, 5.74) is 6.07. The predicted octanol–water partition coefficient (Wildman–Crippen LogP) is 3.98. The average molecular weight is 600 g/mol. The number of unbranched alkanes of at least 4 members (excludes halogenated alkanes) is 5. The summed E-state index contributed by atoms with van der Waals surface area (Å²) >= 11 is 0.861. The second kappa shape index (κ2) is 20.5. The lowest BCUT2D eigenvalue weighted by Crippen LogP contribution is -2.30. The lowest BCUT2D eigenvalue weighted by molar-refractivity contribution is -0.138. The third-order valence-electron chi connectivity index (χ3n) is 6.06. The van der Waals surface area contributed by atoms with Crippen LogP contribution in [0.4, 0.5) is 0 Å². The second-order valence-electron chi connectivity index (χ2n) is 9.54. The lowest BCUT2D eigenvalue weighted by Gasteiger charge is -2.18. The number of carboxylic acid groups (broad SMARTS) is 1. The van der Waals surface area contributed by atoms with Crippen molar-refractivity contribution in [2.45, 2.75) is 83.4 Å². The van der Waals surface area contributed by atoms with Gasteiger partial charge in [-0.25, -0.2) is 4.79 Å². The first-order valence-corrected chi connectivity index (χ1v) is 16.4. The molecular formula is C28H45N3O7S2. The van der Waals surface area contributed by atoms with E-state index in [4.69, 9.17) is 20.3 Å². The number of nitrogens with two attached hydrogens (primary N) is 1. The molecule has 0 radical (unpaired) electrons. The van der Waals surface area contributed by atoms with Gasteiger partial charge in [0.05, 0.1) is 0 Å². The summed E-state index contributed by atoms with van der Waals surface area (Å²) in [5, 5.41) is 8.47. The molecular weight excluding hydrogens is 554 g/mol. The van der Waals surface area contributed by atoms with Crippen LogP contribution in [-0.2, 0) is 22.4 Å². The first kappa shape index (κ1) is 35.6. The standard InChI is InChI=1S/C18H28O3S.C5H6N2O2.C5H11NO2S/c1-3-4-5-6-7-8-11-22(19)15(2)12-16-9-10-17-18(13-16)21-14-20-17;1-3-2-6-5(9)7-4(3)8;1-9-3-2-4(6)5(7)8/h9-10,13,15H,3-8,11-12,14H2,1-2H3;2H,1H3,(H2,6,7,8,9);4H,2-3,6H2,1H3,(H,7,8)/t;;4-/m..0/s1. The minimum absolute atomic E-state index is 0.191. The minimum Gasteiger partial charge on any atom is -0.616 e. The summed E-state index contributed by atoms with van der Waals surface area (Å²) in [7, 11) is 0. The molecule has 40 heavy (non-hydrogen) atoms. The molecule has 0 bridgehead atoms. The summed E-state index contributed by atoms with van der Waals surface area (Å²) in [6.07, 6.45) is 12.2. The van der Waals surface area contributed by atoms with Crippen molar-refractivity contribution < 1.29 is 23.9 Å². The highest BCUT2D eigenvalue weighted by atomic mass is 32.2. The molecule has 226 valence electrons. The number of hydrogen-bond donors (Lipinski definition) is 4. The number of ether oxygens (including phenoxy) is 2. The van der Waals surface area contributed by atoms with Crippen LogP contribution in [0.5, 0.6) is 11.5 Å². The molecule has 1 aliphatic rings. The molecule has 3 atom stereocenters. The highest BCUT2D eigenvalue weighted by Crippen LogP contribution is 2.33. The molecule has 5 N–H and O–H groups in total. The van der Waals surface area contributed by atoms with Crippen molar-refractivity contribution in [3.05, 3.63) is 56.4 Å². The molecule has 0 saturated heterocycles. The number of H-pyrrole nitrogens is 2. The van der Waals surface area contributed by atoms with Gasteiger partial charge in [-0.1, -0.05) is 49.8 Å².